The van der Waals surface area contributed by atoms with Gasteiger partial charge in [0.25, 0.3) is 0 Å². The van der Waals surface area contributed by atoms with Crippen molar-refractivity contribution in [1.82, 2.24) is 9.88 Å². The first-order valence-corrected chi connectivity index (χ1v) is 9.17. The maximum atomic E-state index is 12.5. The molecule has 2 aromatic rings. The van der Waals surface area contributed by atoms with Gasteiger partial charge in [-0.15, -0.1) is 0 Å². The van der Waals surface area contributed by atoms with Crippen LogP contribution < -0.4 is 10.1 Å². The number of hydrogen-bond acceptors (Lipinski definition) is 4. The number of hydrogen-bond donors (Lipinski definition) is 1. The lowest BCUT2D eigenvalue weighted by molar-refractivity contribution is -0.116. The molecule has 1 aromatic carbocycles. The minimum Gasteiger partial charge on any atom is -0.439 e. The normalized spacial score (nSPS) is 18.9. The molecule has 144 valence electrons. The average Bonchev–Trinajstić information content (AvgIpc) is 2.58. The molecule has 0 radical (unpaired) electrons. The van der Waals surface area contributed by atoms with E-state index in [2.05, 4.69) is 17.2 Å². The van der Waals surface area contributed by atoms with E-state index in [1.165, 1.54) is 11.1 Å². The Bertz CT molecular complexity index is 818. The van der Waals surface area contributed by atoms with Gasteiger partial charge in [0.1, 0.15) is 5.75 Å². The quantitative estimate of drug-likeness (QED) is 0.864. The summed E-state index contributed by atoms with van der Waals surface area (Å²) in [5.41, 5.74) is 2.66. The number of nitrogens with zero attached hydrogens (tertiary/aromatic N) is 2. The summed E-state index contributed by atoms with van der Waals surface area (Å²) in [4.78, 5) is 18.6. The lowest BCUT2D eigenvalue weighted by Gasteiger charge is -2.41. The predicted octanol–water partition coefficient (Wildman–Crippen LogP) is 4.52. The van der Waals surface area contributed by atoms with Gasteiger partial charge in [0.05, 0.1) is 30.1 Å². The molecule has 3 rings (SSSR count). The zero-order chi connectivity index (χ0) is 19.6. The summed E-state index contributed by atoms with van der Waals surface area (Å²) in [6.45, 7) is 11.2. The number of anilines is 1. The molecule has 0 bridgehead atoms. The van der Waals surface area contributed by atoms with Crippen molar-refractivity contribution in [1.29, 1.82) is 0 Å². The molecule has 1 atom stereocenters. The monoisotopic (exact) mass is 369 g/mol. The van der Waals surface area contributed by atoms with E-state index >= 15 is 0 Å². The largest absolute Gasteiger partial charge is 0.439 e. The summed E-state index contributed by atoms with van der Waals surface area (Å²) in [5, 5.41) is 2.89. The lowest BCUT2D eigenvalue weighted by atomic mass is 10.1. The maximum absolute atomic E-state index is 12.5. The number of aromatic nitrogens is 1. The summed E-state index contributed by atoms with van der Waals surface area (Å²) in [6.07, 6.45) is 1.61. The fourth-order valence-electron chi connectivity index (χ4n) is 3.22. The molecule has 0 saturated carbocycles. The third-order valence-electron chi connectivity index (χ3n) is 4.54. The topological polar surface area (TPSA) is 63.7 Å². The van der Waals surface area contributed by atoms with Gasteiger partial charge in [-0.1, -0.05) is 6.07 Å². The third kappa shape index (κ3) is 4.98. The second-order valence-corrected chi connectivity index (χ2v) is 7.73. The number of benzene rings is 1. The Balaban J connectivity index is 1.61. The lowest BCUT2D eigenvalue weighted by Crippen LogP contribution is -2.54. The molecule has 2 heterocycles. The fourth-order valence-corrected chi connectivity index (χ4v) is 3.22. The zero-order valence-electron chi connectivity index (χ0n) is 16.6. The number of carbonyl (C=O) groups excluding carboxylic acids is 1. The van der Waals surface area contributed by atoms with Crippen molar-refractivity contribution in [3.8, 4) is 11.6 Å². The van der Waals surface area contributed by atoms with Crippen molar-refractivity contribution in [2.45, 2.75) is 46.3 Å². The zero-order valence-corrected chi connectivity index (χ0v) is 16.6. The smallest absolute Gasteiger partial charge is 0.322 e. The summed E-state index contributed by atoms with van der Waals surface area (Å²) < 4.78 is 11.6. The molecule has 1 aliphatic rings. The molecule has 1 aliphatic heterocycles. The maximum Gasteiger partial charge on any atom is 0.322 e. The van der Waals surface area contributed by atoms with Gasteiger partial charge in [0.2, 0.25) is 5.88 Å². The highest BCUT2D eigenvalue weighted by Crippen LogP contribution is 2.24. The number of urea groups is 1. The number of pyridine rings is 1. The SMILES string of the molecule is Cc1ccc(Oc2ccc(NC(=O)N3C[C@@H](C)OC(C)(C)C3)cn2)cc1C. The number of amides is 2. The molecule has 1 saturated heterocycles. The van der Waals surface area contributed by atoms with Gasteiger partial charge in [-0.05, 0) is 63.9 Å². The van der Waals surface area contributed by atoms with Gasteiger partial charge in [-0.3, -0.25) is 0 Å². The van der Waals surface area contributed by atoms with Crippen molar-refractivity contribution in [2.24, 2.45) is 0 Å². The first kappa shape index (κ1) is 19.2. The number of nitrogens with one attached hydrogen (secondary N) is 1. The fraction of sp³-hybridized carbons (Fsp3) is 0.429. The molecule has 6 heteroatoms. The van der Waals surface area contributed by atoms with E-state index < -0.39 is 0 Å². The number of rotatable bonds is 3. The van der Waals surface area contributed by atoms with E-state index in [1.807, 2.05) is 45.9 Å². The molecule has 0 unspecified atom stereocenters. The van der Waals surface area contributed by atoms with E-state index in [1.54, 1.807) is 23.2 Å². The second-order valence-electron chi connectivity index (χ2n) is 7.73. The number of ether oxygens (including phenoxy) is 2. The highest BCUT2D eigenvalue weighted by Gasteiger charge is 2.33. The van der Waals surface area contributed by atoms with Gasteiger partial charge in [-0.25, -0.2) is 9.78 Å². The number of aryl methyl sites for hydroxylation is 2. The number of carbonyl (C=O) groups is 1. The highest BCUT2D eigenvalue weighted by atomic mass is 16.5. The molecule has 0 spiro atoms. The van der Waals surface area contributed by atoms with Crippen LogP contribution in [0.2, 0.25) is 0 Å². The molecular formula is C21H27N3O3. The van der Waals surface area contributed by atoms with E-state index in [0.717, 1.165) is 5.75 Å². The van der Waals surface area contributed by atoms with E-state index in [-0.39, 0.29) is 17.7 Å². The van der Waals surface area contributed by atoms with Crippen LogP contribution in [0, 0.1) is 13.8 Å². The summed E-state index contributed by atoms with van der Waals surface area (Å²) in [7, 11) is 0. The van der Waals surface area contributed by atoms with Crippen molar-refractivity contribution < 1.29 is 14.3 Å². The molecule has 1 N–H and O–H groups in total. The van der Waals surface area contributed by atoms with Gasteiger partial charge >= 0.3 is 6.03 Å². The van der Waals surface area contributed by atoms with Crippen LogP contribution >= 0.6 is 0 Å². The molecule has 6 nitrogen and oxygen atoms in total. The predicted molar refractivity (Wildman–Crippen MR) is 105 cm³/mol. The first-order valence-electron chi connectivity index (χ1n) is 9.17. The Morgan fingerprint density at radius 2 is 2.04 bits per heavy atom. The molecule has 0 aliphatic carbocycles. The average molecular weight is 369 g/mol. The van der Waals surface area contributed by atoms with Crippen LogP contribution in [0.15, 0.2) is 36.5 Å². The summed E-state index contributed by atoms with van der Waals surface area (Å²) in [6, 6.07) is 9.30. The molecular weight excluding hydrogens is 342 g/mol. The van der Waals surface area contributed by atoms with E-state index in [9.17, 15) is 4.79 Å². The third-order valence-corrected chi connectivity index (χ3v) is 4.54. The van der Waals surface area contributed by atoms with Gasteiger partial charge < -0.3 is 19.7 Å². The van der Waals surface area contributed by atoms with E-state index in [4.69, 9.17) is 9.47 Å². The van der Waals surface area contributed by atoms with Gasteiger partial charge in [-0.2, -0.15) is 0 Å². The Hall–Kier alpha value is -2.60. The highest BCUT2D eigenvalue weighted by molar-refractivity contribution is 5.89. The van der Waals surface area contributed by atoms with Crippen LogP contribution in [0.1, 0.15) is 31.9 Å². The van der Waals surface area contributed by atoms with Crippen molar-refractivity contribution >= 4 is 11.7 Å². The van der Waals surface area contributed by atoms with Crippen LogP contribution in [0.4, 0.5) is 10.5 Å². The van der Waals surface area contributed by atoms with Gasteiger partial charge in [0.15, 0.2) is 0 Å². The molecule has 2 amide bonds. The molecule has 1 aromatic heterocycles. The summed E-state index contributed by atoms with van der Waals surface area (Å²) in [5.74, 6) is 1.23. The number of morpholine rings is 1. The Kier molecular flexibility index (Phi) is 5.37. The van der Waals surface area contributed by atoms with Crippen LogP contribution in [0.25, 0.3) is 0 Å². The first-order chi connectivity index (χ1) is 12.7. The van der Waals surface area contributed by atoms with Crippen LogP contribution in [-0.2, 0) is 4.74 Å². The Morgan fingerprint density at radius 1 is 1.26 bits per heavy atom. The Labute approximate surface area is 160 Å². The van der Waals surface area contributed by atoms with Crippen molar-refractivity contribution in [3.63, 3.8) is 0 Å². The molecule has 1 fully saturated rings. The van der Waals surface area contributed by atoms with E-state index in [0.29, 0.717) is 24.7 Å². The molecule has 27 heavy (non-hydrogen) atoms. The van der Waals surface area contributed by atoms with Crippen molar-refractivity contribution in [3.05, 3.63) is 47.7 Å². The Morgan fingerprint density at radius 3 is 2.67 bits per heavy atom. The van der Waals surface area contributed by atoms with Gasteiger partial charge in [0, 0.05) is 12.6 Å². The van der Waals surface area contributed by atoms with Crippen molar-refractivity contribution in [2.75, 3.05) is 18.4 Å². The minimum absolute atomic E-state index is 0.00590. The second kappa shape index (κ2) is 7.56. The minimum atomic E-state index is -0.350. The summed E-state index contributed by atoms with van der Waals surface area (Å²) >= 11 is 0. The van der Waals surface area contributed by atoms with Crippen LogP contribution in [0.5, 0.6) is 11.6 Å². The standard InChI is InChI=1S/C21H27N3O3/c1-14-6-8-18(10-15(14)2)26-19-9-7-17(11-22-19)23-20(25)24-12-16(3)27-21(4,5)13-24/h6-11,16H,12-13H2,1-5H3,(H,23,25)/t16-/m1/s1. The van der Waals surface area contributed by atoms with Crippen LogP contribution in [0.3, 0.4) is 0 Å². The van der Waals surface area contributed by atoms with Crippen LogP contribution in [-0.4, -0.2) is 40.7 Å².